The zero-order valence-electron chi connectivity index (χ0n) is 20.1. The van der Waals surface area contributed by atoms with Gasteiger partial charge in [-0.15, -0.1) is 11.8 Å². The van der Waals surface area contributed by atoms with Crippen LogP contribution in [0.5, 0.6) is 5.75 Å². The van der Waals surface area contributed by atoms with E-state index in [1.54, 1.807) is 47.6 Å². The number of nitrogens with one attached hydrogen (secondary N) is 1. The van der Waals surface area contributed by atoms with Gasteiger partial charge in [-0.1, -0.05) is 0 Å². The van der Waals surface area contributed by atoms with E-state index in [-0.39, 0.29) is 29.7 Å². The number of allylic oxidation sites excluding steroid dienone is 1. The topological polar surface area (TPSA) is 166 Å². The molecule has 0 spiro atoms. The number of carbonyl (C=O) groups excluding carboxylic acids is 3. The maximum absolute atomic E-state index is 13.5. The van der Waals surface area contributed by atoms with Crippen molar-refractivity contribution in [1.82, 2.24) is 14.8 Å². The number of likely N-dealkylation sites (tertiary alicyclic amines) is 1. The van der Waals surface area contributed by atoms with E-state index < -0.39 is 29.3 Å². The minimum atomic E-state index is -1.25. The van der Waals surface area contributed by atoms with Gasteiger partial charge in [-0.3, -0.25) is 24.3 Å². The standard InChI is InChI=1S/C26H25N5O6S/c27-21-24(35)31-22(26(36)37)16(13-38-25(21)31)11-15-7-10-30(23(15)34)19(14-5-8-28-9-6-14)12-20(33)29-17-1-3-18(32)4-2-17/h1-6,8-9,11,19,21,25,32H,7,10,12-13,27H2,(H,29,33)(H,36,37)/b15-11+/t19?,21-,25-/m1/s1. The lowest BCUT2D eigenvalue weighted by atomic mass is 10.0. The second-order valence-electron chi connectivity index (χ2n) is 9.13. The molecule has 3 aliphatic rings. The Morgan fingerprint density at radius 1 is 1.18 bits per heavy atom. The number of benzene rings is 1. The predicted molar refractivity (Wildman–Crippen MR) is 138 cm³/mol. The molecule has 0 bridgehead atoms. The van der Waals surface area contributed by atoms with Crippen LogP contribution in [0.3, 0.4) is 0 Å². The fraction of sp³-hybridized carbons (Fsp3) is 0.269. The lowest BCUT2D eigenvalue weighted by Gasteiger charge is -2.47. The second kappa shape index (κ2) is 10.3. The van der Waals surface area contributed by atoms with Crippen LogP contribution >= 0.6 is 11.8 Å². The molecule has 3 atom stereocenters. The molecule has 0 aliphatic carbocycles. The Kier molecular flexibility index (Phi) is 6.91. The van der Waals surface area contributed by atoms with E-state index >= 15 is 0 Å². The number of anilines is 1. The SMILES string of the molecule is N[C@@H]1C(=O)N2C(C(=O)O)=C(/C=C3\CCN(C(CC(=O)Nc4ccc(O)cc4)c4ccncc4)C3=O)CS[C@H]12. The van der Waals surface area contributed by atoms with Gasteiger partial charge >= 0.3 is 5.97 Å². The second-order valence-corrected chi connectivity index (χ2v) is 10.2. The fourth-order valence-electron chi connectivity index (χ4n) is 4.85. The van der Waals surface area contributed by atoms with E-state index in [2.05, 4.69) is 10.3 Å². The fourth-order valence-corrected chi connectivity index (χ4v) is 6.10. The molecule has 38 heavy (non-hydrogen) atoms. The van der Waals surface area contributed by atoms with Crippen molar-refractivity contribution in [2.75, 3.05) is 17.6 Å². The summed E-state index contributed by atoms with van der Waals surface area (Å²) in [6.45, 7) is 0.336. The Bertz CT molecular complexity index is 1360. The first-order valence-corrected chi connectivity index (χ1v) is 13.0. The molecule has 12 heteroatoms. The molecule has 1 unspecified atom stereocenters. The number of phenolic OH excluding ortho intramolecular Hbond substituents is 1. The maximum atomic E-state index is 13.5. The molecule has 5 rings (SSSR count). The smallest absolute Gasteiger partial charge is 0.352 e. The number of nitrogens with zero attached hydrogens (tertiary/aromatic N) is 3. The average molecular weight is 536 g/mol. The Morgan fingerprint density at radius 3 is 2.58 bits per heavy atom. The van der Waals surface area contributed by atoms with Crippen molar-refractivity contribution in [2.24, 2.45) is 5.73 Å². The maximum Gasteiger partial charge on any atom is 0.352 e. The van der Waals surface area contributed by atoms with Gasteiger partial charge < -0.3 is 26.2 Å². The Balaban J connectivity index is 1.39. The minimum absolute atomic E-state index is 0.0231. The van der Waals surface area contributed by atoms with Crippen LogP contribution in [0.25, 0.3) is 0 Å². The highest BCUT2D eigenvalue weighted by Gasteiger charge is 2.51. The third kappa shape index (κ3) is 4.75. The summed E-state index contributed by atoms with van der Waals surface area (Å²) in [6, 6.07) is 8.25. The Morgan fingerprint density at radius 2 is 1.89 bits per heavy atom. The van der Waals surface area contributed by atoms with Crippen LogP contribution in [-0.4, -0.2) is 72.4 Å². The molecular weight excluding hydrogens is 510 g/mol. The molecule has 1 aromatic carbocycles. The first-order valence-electron chi connectivity index (χ1n) is 11.9. The largest absolute Gasteiger partial charge is 0.508 e. The van der Waals surface area contributed by atoms with Gasteiger partial charge in [0.15, 0.2) is 0 Å². The highest BCUT2D eigenvalue weighted by atomic mass is 32.2. The molecule has 2 saturated heterocycles. The first kappa shape index (κ1) is 25.5. The summed E-state index contributed by atoms with van der Waals surface area (Å²) < 4.78 is 0. The summed E-state index contributed by atoms with van der Waals surface area (Å²) in [5, 5.41) is 21.6. The van der Waals surface area contributed by atoms with Crippen LogP contribution in [-0.2, 0) is 19.2 Å². The number of aliphatic carboxylic acids is 1. The number of carboxylic acids is 1. The number of aromatic hydroxyl groups is 1. The van der Waals surface area contributed by atoms with Gasteiger partial charge in [-0.25, -0.2) is 4.79 Å². The van der Waals surface area contributed by atoms with Gasteiger partial charge in [-0.05, 0) is 60.0 Å². The van der Waals surface area contributed by atoms with E-state index in [0.717, 1.165) is 5.56 Å². The summed E-state index contributed by atoms with van der Waals surface area (Å²) in [7, 11) is 0. The number of aromatic nitrogens is 1. The van der Waals surface area contributed by atoms with E-state index in [1.165, 1.54) is 28.8 Å². The first-order chi connectivity index (χ1) is 18.2. The third-order valence-electron chi connectivity index (χ3n) is 6.74. The highest BCUT2D eigenvalue weighted by molar-refractivity contribution is 8.00. The number of pyridine rings is 1. The van der Waals surface area contributed by atoms with Gasteiger partial charge in [0.1, 0.15) is 22.9 Å². The number of β-lactam (4-membered cyclic amide) rings is 1. The molecule has 5 N–H and O–H groups in total. The van der Waals surface area contributed by atoms with Crippen LogP contribution < -0.4 is 11.1 Å². The number of phenols is 1. The van der Waals surface area contributed by atoms with E-state index in [1.807, 2.05) is 0 Å². The van der Waals surface area contributed by atoms with Gasteiger partial charge in [0, 0.05) is 36.0 Å². The molecule has 0 saturated carbocycles. The molecule has 4 heterocycles. The average Bonchev–Trinajstić information content (AvgIpc) is 3.27. The highest BCUT2D eigenvalue weighted by Crippen LogP contribution is 2.41. The summed E-state index contributed by atoms with van der Waals surface area (Å²) >= 11 is 1.37. The van der Waals surface area contributed by atoms with Gasteiger partial charge in [0.2, 0.25) is 17.7 Å². The number of carbonyl (C=O) groups is 4. The van der Waals surface area contributed by atoms with Gasteiger partial charge in [-0.2, -0.15) is 0 Å². The van der Waals surface area contributed by atoms with Gasteiger partial charge in [0.05, 0.1) is 12.5 Å². The minimum Gasteiger partial charge on any atom is -0.508 e. The van der Waals surface area contributed by atoms with E-state index in [0.29, 0.717) is 35.6 Å². The van der Waals surface area contributed by atoms with Crippen molar-refractivity contribution in [3.05, 3.63) is 77.3 Å². The molecule has 0 radical (unpaired) electrons. The molecule has 1 aromatic heterocycles. The predicted octanol–water partition coefficient (Wildman–Crippen LogP) is 1.60. The molecule has 3 amide bonds. The van der Waals surface area contributed by atoms with Crippen molar-refractivity contribution in [3.8, 4) is 5.75 Å². The molecule has 11 nitrogen and oxygen atoms in total. The monoisotopic (exact) mass is 535 g/mol. The van der Waals surface area contributed by atoms with Crippen LogP contribution in [0.4, 0.5) is 5.69 Å². The van der Waals surface area contributed by atoms with Crippen LogP contribution in [0, 0.1) is 0 Å². The summed E-state index contributed by atoms with van der Waals surface area (Å²) in [4.78, 5) is 57.5. The number of amides is 3. The number of rotatable bonds is 7. The molecule has 2 aromatic rings. The van der Waals surface area contributed by atoms with Crippen LogP contribution in [0.15, 0.2) is 71.7 Å². The normalized spacial score (nSPS) is 22.8. The van der Waals surface area contributed by atoms with Crippen LogP contribution in [0.1, 0.15) is 24.4 Å². The number of carboxylic acid groups (broad SMARTS) is 1. The van der Waals surface area contributed by atoms with Crippen molar-refractivity contribution in [2.45, 2.75) is 30.3 Å². The van der Waals surface area contributed by atoms with Crippen molar-refractivity contribution < 1.29 is 29.4 Å². The number of fused-ring (bicyclic) bond motifs is 1. The zero-order valence-corrected chi connectivity index (χ0v) is 20.9. The number of thioether (sulfide) groups is 1. The molecule has 2 fully saturated rings. The third-order valence-corrected chi connectivity index (χ3v) is 8.07. The summed E-state index contributed by atoms with van der Waals surface area (Å²) in [6.07, 6.45) is 5.08. The molecule has 3 aliphatic heterocycles. The van der Waals surface area contributed by atoms with E-state index in [4.69, 9.17) is 5.73 Å². The zero-order chi connectivity index (χ0) is 27.0. The lowest BCUT2D eigenvalue weighted by Crippen LogP contribution is -2.68. The lowest BCUT2D eigenvalue weighted by molar-refractivity contribution is -0.147. The summed E-state index contributed by atoms with van der Waals surface area (Å²) in [5.41, 5.74) is 7.72. The quantitative estimate of drug-likeness (QED) is 0.234. The number of hydrogen-bond acceptors (Lipinski definition) is 8. The van der Waals surface area contributed by atoms with Crippen molar-refractivity contribution in [3.63, 3.8) is 0 Å². The van der Waals surface area contributed by atoms with E-state index in [9.17, 15) is 29.4 Å². The Hall–Kier alpha value is -4.16. The van der Waals surface area contributed by atoms with Crippen molar-refractivity contribution in [1.29, 1.82) is 0 Å². The Labute approximate surface area is 222 Å². The number of hydrogen-bond donors (Lipinski definition) is 4. The number of nitrogens with two attached hydrogens (primary N) is 1. The van der Waals surface area contributed by atoms with Gasteiger partial charge in [0.25, 0.3) is 0 Å². The summed E-state index contributed by atoms with van der Waals surface area (Å²) in [5.74, 6) is -1.93. The van der Waals surface area contributed by atoms with Crippen LogP contribution in [0.2, 0.25) is 0 Å². The molecular formula is C26H25N5O6S. The van der Waals surface area contributed by atoms with Crippen molar-refractivity contribution >= 4 is 41.1 Å². The molecule has 196 valence electrons.